The normalized spacial score (nSPS) is 20.3. The molecule has 0 radical (unpaired) electrons. The molecule has 1 aromatic rings. The molecule has 0 spiro atoms. The van der Waals surface area contributed by atoms with Crippen molar-refractivity contribution < 1.29 is 4.74 Å². The molecule has 0 amide bonds. The van der Waals surface area contributed by atoms with Gasteiger partial charge in [-0.05, 0) is 26.2 Å². The molecule has 0 fully saturated rings. The fourth-order valence-corrected chi connectivity index (χ4v) is 2.58. The minimum atomic E-state index is 0.528. The number of fused-ring (bicyclic) bond motifs is 1. The molecule has 1 atom stereocenters. The van der Waals surface area contributed by atoms with Crippen molar-refractivity contribution in [3.8, 4) is 0 Å². The third-order valence-electron chi connectivity index (χ3n) is 3.04. The summed E-state index contributed by atoms with van der Waals surface area (Å²) in [7, 11) is 1.71. The molecule has 1 unspecified atom stereocenters. The van der Waals surface area contributed by atoms with Gasteiger partial charge >= 0.3 is 0 Å². The highest BCUT2D eigenvalue weighted by Crippen LogP contribution is 2.30. The summed E-state index contributed by atoms with van der Waals surface area (Å²) in [5, 5.41) is 0.688. The monoisotopic (exact) mass is 228 g/mol. The maximum atomic E-state index is 6.13. The Morgan fingerprint density at radius 1 is 1.60 bits per heavy atom. The summed E-state index contributed by atoms with van der Waals surface area (Å²) in [4.78, 5) is 4.43. The van der Waals surface area contributed by atoms with Crippen LogP contribution < -0.4 is 0 Å². The fraction of sp³-hybridized carbons (Fsp3) is 0.727. The third kappa shape index (κ3) is 2.04. The average Bonchev–Trinajstić information content (AvgIpc) is 2.55. The van der Waals surface area contributed by atoms with Gasteiger partial charge in [-0.15, -0.1) is 0 Å². The lowest BCUT2D eigenvalue weighted by Crippen LogP contribution is -2.18. The minimum Gasteiger partial charge on any atom is -0.384 e. The molecule has 15 heavy (non-hydrogen) atoms. The van der Waals surface area contributed by atoms with Gasteiger partial charge in [0.1, 0.15) is 5.82 Å². The van der Waals surface area contributed by atoms with E-state index in [0.29, 0.717) is 17.8 Å². The van der Waals surface area contributed by atoms with Gasteiger partial charge in [-0.3, -0.25) is 0 Å². The Morgan fingerprint density at radius 2 is 2.40 bits per heavy atom. The summed E-state index contributed by atoms with van der Waals surface area (Å²) in [6, 6.07) is 0.528. The lowest BCUT2D eigenvalue weighted by molar-refractivity contribution is 0.198. The molecule has 1 aliphatic rings. The van der Waals surface area contributed by atoms with Gasteiger partial charge in [0.25, 0.3) is 0 Å². The van der Waals surface area contributed by atoms with Crippen LogP contribution in [0.25, 0.3) is 0 Å². The van der Waals surface area contributed by atoms with Crippen molar-refractivity contribution in [3.05, 3.63) is 16.7 Å². The molecule has 0 saturated carbocycles. The van der Waals surface area contributed by atoms with Crippen LogP contribution in [-0.2, 0) is 17.6 Å². The van der Waals surface area contributed by atoms with E-state index < -0.39 is 0 Å². The molecule has 0 N–H and O–H groups in total. The van der Waals surface area contributed by atoms with Crippen LogP contribution in [0.4, 0.5) is 0 Å². The summed E-state index contributed by atoms with van der Waals surface area (Å²) in [5.41, 5.74) is 1.21. The molecule has 1 aromatic heterocycles. The van der Waals surface area contributed by atoms with E-state index in [1.165, 1.54) is 18.5 Å². The number of nitrogens with zero attached hydrogens (tertiary/aromatic N) is 2. The second-order valence-corrected chi connectivity index (χ2v) is 4.48. The van der Waals surface area contributed by atoms with E-state index in [4.69, 9.17) is 16.3 Å². The summed E-state index contributed by atoms with van der Waals surface area (Å²) < 4.78 is 7.38. The number of rotatable bonds is 3. The number of halogens is 1. The molecular weight excluding hydrogens is 212 g/mol. The van der Waals surface area contributed by atoms with E-state index in [-0.39, 0.29) is 0 Å². The highest BCUT2D eigenvalue weighted by Gasteiger charge is 2.22. The Morgan fingerprint density at radius 3 is 3.13 bits per heavy atom. The molecule has 84 valence electrons. The van der Waals surface area contributed by atoms with Crippen LogP contribution >= 0.6 is 11.6 Å². The highest BCUT2D eigenvalue weighted by atomic mass is 35.5. The summed E-state index contributed by atoms with van der Waals surface area (Å²) in [6.45, 7) is 2.94. The predicted molar refractivity (Wildman–Crippen MR) is 60.5 cm³/mol. The largest absolute Gasteiger partial charge is 0.384 e. The van der Waals surface area contributed by atoms with Gasteiger partial charge in [0.15, 0.2) is 5.15 Å². The lowest BCUT2D eigenvalue weighted by atomic mass is 10.0. The van der Waals surface area contributed by atoms with Gasteiger partial charge in [0.2, 0.25) is 0 Å². The second kappa shape index (κ2) is 4.54. The highest BCUT2D eigenvalue weighted by molar-refractivity contribution is 6.30. The number of hydrogen-bond acceptors (Lipinski definition) is 2. The van der Waals surface area contributed by atoms with Gasteiger partial charge < -0.3 is 9.30 Å². The first-order valence-electron chi connectivity index (χ1n) is 5.48. The number of imidazole rings is 1. The maximum Gasteiger partial charge on any atom is 0.150 e. The van der Waals surface area contributed by atoms with Crippen molar-refractivity contribution in [2.24, 2.45) is 0 Å². The number of hydrogen-bond donors (Lipinski definition) is 0. The molecule has 0 bridgehead atoms. The minimum absolute atomic E-state index is 0.528. The van der Waals surface area contributed by atoms with Gasteiger partial charge in [-0.25, -0.2) is 4.98 Å². The summed E-state index contributed by atoms with van der Waals surface area (Å²) in [6.07, 6.45) is 4.35. The van der Waals surface area contributed by atoms with Gasteiger partial charge in [-0.1, -0.05) is 11.6 Å². The van der Waals surface area contributed by atoms with Gasteiger partial charge in [-0.2, -0.15) is 0 Å². The third-order valence-corrected chi connectivity index (χ3v) is 3.34. The van der Waals surface area contributed by atoms with Crippen LogP contribution in [0.15, 0.2) is 0 Å². The predicted octanol–water partition coefficient (Wildman–Crippen LogP) is 2.62. The maximum absolute atomic E-state index is 6.13. The van der Waals surface area contributed by atoms with Crippen molar-refractivity contribution in [3.63, 3.8) is 0 Å². The van der Waals surface area contributed by atoms with Crippen LogP contribution in [0.5, 0.6) is 0 Å². The zero-order chi connectivity index (χ0) is 10.8. The molecule has 3 nitrogen and oxygen atoms in total. The van der Waals surface area contributed by atoms with Crippen molar-refractivity contribution in [1.29, 1.82) is 0 Å². The SMILES string of the molecule is COCCc1nc(Cl)c2n1C(C)CCC2. The second-order valence-electron chi connectivity index (χ2n) is 4.12. The molecule has 2 heterocycles. The van der Waals surface area contributed by atoms with E-state index in [0.717, 1.165) is 18.7 Å². The Labute approximate surface area is 95.4 Å². The number of aromatic nitrogens is 2. The van der Waals surface area contributed by atoms with Crippen LogP contribution in [0.1, 0.15) is 37.3 Å². The zero-order valence-electron chi connectivity index (χ0n) is 9.29. The van der Waals surface area contributed by atoms with Crippen molar-refractivity contribution in [2.75, 3.05) is 13.7 Å². The topological polar surface area (TPSA) is 27.1 Å². The quantitative estimate of drug-likeness (QED) is 0.795. The molecule has 4 heteroatoms. The zero-order valence-corrected chi connectivity index (χ0v) is 10.0. The van der Waals surface area contributed by atoms with Crippen molar-refractivity contribution >= 4 is 11.6 Å². The first-order chi connectivity index (χ1) is 7.24. The molecule has 0 saturated heterocycles. The summed E-state index contributed by atoms with van der Waals surface area (Å²) >= 11 is 6.13. The number of ether oxygens (including phenoxy) is 1. The van der Waals surface area contributed by atoms with E-state index in [1.807, 2.05) is 0 Å². The van der Waals surface area contributed by atoms with Crippen LogP contribution in [0.3, 0.4) is 0 Å². The standard InChI is InChI=1S/C11H17ClN2O/c1-8-4-3-5-9-11(12)13-10(14(8)9)6-7-15-2/h8H,3-7H2,1-2H3. The van der Waals surface area contributed by atoms with Crippen LogP contribution in [0.2, 0.25) is 5.15 Å². The van der Waals surface area contributed by atoms with Crippen LogP contribution in [0, 0.1) is 0 Å². The first kappa shape index (κ1) is 11.0. The smallest absolute Gasteiger partial charge is 0.150 e. The Balaban J connectivity index is 2.30. The first-order valence-corrected chi connectivity index (χ1v) is 5.86. The van der Waals surface area contributed by atoms with Crippen molar-refractivity contribution in [1.82, 2.24) is 9.55 Å². The van der Waals surface area contributed by atoms with Gasteiger partial charge in [0.05, 0.1) is 12.3 Å². The Bertz CT molecular complexity index is 349. The van der Waals surface area contributed by atoms with Gasteiger partial charge in [0, 0.05) is 19.6 Å². The van der Waals surface area contributed by atoms with E-state index in [9.17, 15) is 0 Å². The van der Waals surface area contributed by atoms with E-state index >= 15 is 0 Å². The number of methoxy groups -OCH3 is 1. The van der Waals surface area contributed by atoms with E-state index in [1.54, 1.807) is 7.11 Å². The Hall–Kier alpha value is -0.540. The average molecular weight is 229 g/mol. The molecular formula is C11H17ClN2O. The molecule has 1 aliphatic heterocycles. The fourth-order valence-electron chi connectivity index (χ4n) is 2.29. The Kier molecular flexibility index (Phi) is 3.32. The summed E-state index contributed by atoms with van der Waals surface area (Å²) in [5.74, 6) is 1.07. The van der Waals surface area contributed by atoms with Crippen LogP contribution in [-0.4, -0.2) is 23.3 Å². The van der Waals surface area contributed by atoms with E-state index in [2.05, 4.69) is 16.5 Å². The molecule has 0 aliphatic carbocycles. The van der Waals surface area contributed by atoms with Crippen molar-refractivity contribution in [2.45, 2.75) is 38.6 Å². The lowest BCUT2D eigenvalue weighted by Gasteiger charge is -2.24. The molecule has 0 aromatic carbocycles. The molecule has 2 rings (SSSR count).